The first-order chi connectivity index (χ1) is 10.5. The quantitative estimate of drug-likeness (QED) is 0.630. The van der Waals surface area contributed by atoms with Gasteiger partial charge >= 0.3 is 0 Å². The van der Waals surface area contributed by atoms with Crippen molar-refractivity contribution in [1.82, 2.24) is 4.90 Å². The van der Waals surface area contributed by atoms with E-state index in [2.05, 4.69) is 37.1 Å². The van der Waals surface area contributed by atoms with E-state index >= 15 is 0 Å². The molecule has 2 unspecified atom stereocenters. The van der Waals surface area contributed by atoms with Gasteiger partial charge in [0.05, 0.1) is 6.10 Å². The van der Waals surface area contributed by atoms with Crippen molar-refractivity contribution in [3.63, 3.8) is 0 Å². The first-order valence-electron chi connectivity index (χ1n) is 7.63. The molecule has 23 heavy (non-hydrogen) atoms. The second-order valence-electron chi connectivity index (χ2n) is 6.81. The fourth-order valence-electron chi connectivity index (χ4n) is 2.37. The number of carbonyl (C=O) groups excluding carboxylic acids is 1. The summed E-state index contributed by atoms with van der Waals surface area (Å²) in [6.45, 7) is 15.2. The Labute approximate surface area is 140 Å². The van der Waals surface area contributed by atoms with Crippen molar-refractivity contribution in [2.75, 3.05) is 20.7 Å². The van der Waals surface area contributed by atoms with Crippen molar-refractivity contribution >= 4 is 12.9 Å². The smallest absolute Gasteiger partial charge is 0.293 e. The Hall–Kier alpha value is -1.40. The highest BCUT2D eigenvalue weighted by Gasteiger charge is 2.32. The highest BCUT2D eigenvalue weighted by atomic mass is 16.5. The number of carboxylic acid groups (broad SMARTS) is 1. The van der Waals surface area contributed by atoms with Crippen LogP contribution in [-0.2, 0) is 19.1 Å². The fraction of sp³-hybridized carbons (Fsp3) is 0.765. The van der Waals surface area contributed by atoms with Gasteiger partial charge in [-0.15, -0.1) is 0 Å². The largest absolute Gasteiger partial charge is 0.483 e. The van der Waals surface area contributed by atoms with Gasteiger partial charge in [0, 0.05) is 19.7 Å². The van der Waals surface area contributed by atoms with Crippen molar-refractivity contribution in [3.05, 3.63) is 12.2 Å². The van der Waals surface area contributed by atoms with Crippen molar-refractivity contribution in [2.24, 2.45) is 5.92 Å². The summed E-state index contributed by atoms with van der Waals surface area (Å²) in [7, 11) is 3.96. The maximum atomic E-state index is 9.60. The third-order valence-electron chi connectivity index (χ3n) is 3.25. The van der Waals surface area contributed by atoms with E-state index in [-0.39, 0.29) is 12.1 Å². The molecule has 0 radical (unpaired) electrons. The third-order valence-corrected chi connectivity index (χ3v) is 3.25. The molecule has 0 spiro atoms. The van der Waals surface area contributed by atoms with Gasteiger partial charge in [-0.3, -0.25) is 14.5 Å². The van der Waals surface area contributed by atoms with Gasteiger partial charge in [0.25, 0.3) is 12.9 Å². The molecule has 1 rings (SSSR count). The molecule has 2 atom stereocenters. The van der Waals surface area contributed by atoms with E-state index in [1.165, 1.54) is 5.57 Å². The normalized spacial score (nSPS) is 19.1. The lowest BCUT2D eigenvalue weighted by atomic mass is 9.97. The number of ether oxygens (including phenoxy) is 2. The highest BCUT2D eigenvalue weighted by Crippen LogP contribution is 2.26. The van der Waals surface area contributed by atoms with E-state index < -0.39 is 0 Å². The number of nitrogens with zero attached hydrogens (tertiary/aromatic N) is 1. The van der Waals surface area contributed by atoms with Crippen molar-refractivity contribution in [2.45, 2.75) is 58.8 Å². The minimum absolute atomic E-state index is 0.250. The molecule has 0 aromatic heterocycles. The summed E-state index contributed by atoms with van der Waals surface area (Å²) in [5, 5.41) is 6.89. The summed E-state index contributed by atoms with van der Waals surface area (Å²) in [6, 6.07) is 0.525. The van der Waals surface area contributed by atoms with Crippen LogP contribution in [0.3, 0.4) is 0 Å². The van der Waals surface area contributed by atoms with Gasteiger partial charge in [-0.05, 0) is 40.2 Å². The van der Waals surface area contributed by atoms with Crippen LogP contribution in [0, 0.1) is 5.92 Å². The van der Waals surface area contributed by atoms with E-state index in [1.54, 1.807) is 7.11 Å². The number of hydrogen-bond acceptors (Lipinski definition) is 5. The zero-order chi connectivity index (χ0) is 18.6. The summed E-state index contributed by atoms with van der Waals surface area (Å²) in [5.41, 5.74) is 1.01. The van der Waals surface area contributed by atoms with Gasteiger partial charge in [-0.2, -0.15) is 0 Å². The predicted octanol–water partition coefficient (Wildman–Crippen LogP) is 2.58. The Morgan fingerprint density at radius 3 is 2.00 bits per heavy atom. The molecule has 0 saturated carbocycles. The van der Waals surface area contributed by atoms with E-state index in [1.807, 2.05) is 20.8 Å². The molecule has 1 heterocycles. The molecule has 0 amide bonds. The van der Waals surface area contributed by atoms with Crippen molar-refractivity contribution < 1.29 is 24.2 Å². The molecular formula is C17H33NO5. The molecule has 1 fully saturated rings. The average molecular weight is 331 g/mol. The zero-order valence-electron chi connectivity index (χ0n) is 15.5. The fourth-order valence-corrected chi connectivity index (χ4v) is 2.37. The standard InChI is InChI=1S/C11H21NO.C5H10O2.CH2O2/c1-8(2)11(13-5)10-6-9(3)7-12(10)4;1-5(2,3)7-4-6;2-1-3/h8,10-11H,3,6-7H2,1-2,4-5H3;4H,1-3H3;1H,(H,2,3). The molecule has 6 heteroatoms. The van der Waals surface area contributed by atoms with Crippen LogP contribution in [-0.4, -0.2) is 61.4 Å². The second kappa shape index (κ2) is 12.1. The van der Waals surface area contributed by atoms with Crippen LogP contribution in [0.5, 0.6) is 0 Å². The van der Waals surface area contributed by atoms with E-state index in [0.717, 1.165) is 13.0 Å². The lowest BCUT2D eigenvalue weighted by Crippen LogP contribution is -2.40. The monoisotopic (exact) mass is 331 g/mol. The predicted molar refractivity (Wildman–Crippen MR) is 91.4 cm³/mol. The SMILES string of the molecule is C=C1CC(C(OC)C(C)C)N(C)C1.CC(C)(C)OC=O.O=CO. The number of carbonyl (C=O) groups is 2. The van der Waals surface area contributed by atoms with Gasteiger partial charge in [-0.25, -0.2) is 0 Å². The van der Waals surface area contributed by atoms with Crippen molar-refractivity contribution in [1.29, 1.82) is 0 Å². The maximum absolute atomic E-state index is 9.60. The molecule has 1 saturated heterocycles. The van der Waals surface area contributed by atoms with Crippen LogP contribution in [0.25, 0.3) is 0 Å². The molecule has 1 N–H and O–H groups in total. The number of methoxy groups -OCH3 is 1. The molecule has 1 aliphatic heterocycles. The number of hydrogen-bond donors (Lipinski definition) is 1. The van der Waals surface area contributed by atoms with E-state index in [0.29, 0.717) is 24.5 Å². The lowest BCUT2D eigenvalue weighted by molar-refractivity contribution is -0.138. The lowest BCUT2D eigenvalue weighted by Gasteiger charge is -2.30. The minimum Gasteiger partial charge on any atom is -0.483 e. The van der Waals surface area contributed by atoms with Crippen LogP contribution < -0.4 is 0 Å². The average Bonchev–Trinajstić information content (AvgIpc) is 2.69. The van der Waals surface area contributed by atoms with Crippen LogP contribution in [0.1, 0.15) is 41.0 Å². The Balaban J connectivity index is 0. The van der Waals surface area contributed by atoms with Gasteiger partial charge in [0.2, 0.25) is 0 Å². The molecule has 6 nitrogen and oxygen atoms in total. The molecule has 0 bridgehead atoms. The first kappa shape index (κ1) is 23.9. The van der Waals surface area contributed by atoms with Gasteiger partial charge < -0.3 is 14.6 Å². The number of rotatable bonds is 4. The minimum atomic E-state index is -0.318. The van der Waals surface area contributed by atoms with Gasteiger partial charge in [0.1, 0.15) is 5.60 Å². The van der Waals surface area contributed by atoms with Gasteiger partial charge in [-0.1, -0.05) is 26.0 Å². The Bertz CT molecular complexity index is 349. The van der Waals surface area contributed by atoms with E-state index in [9.17, 15) is 4.79 Å². The summed E-state index contributed by atoms with van der Waals surface area (Å²) in [4.78, 5) is 20.3. The zero-order valence-corrected chi connectivity index (χ0v) is 15.5. The molecule has 1 aliphatic rings. The van der Waals surface area contributed by atoms with Crippen LogP contribution >= 0.6 is 0 Å². The number of likely N-dealkylation sites (tertiary alicyclic amines) is 1. The Morgan fingerprint density at radius 1 is 1.35 bits per heavy atom. The summed E-state index contributed by atoms with van der Waals surface area (Å²) in [5.74, 6) is 0.573. The van der Waals surface area contributed by atoms with Gasteiger partial charge in [0.15, 0.2) is 0 Å². The molecule has 0 aromatic rings. The second-order valence-corrected chi connectivity index (χ2v) is 6.81. The Kier molecular flexibility index (Phi) is 12.5. The Morgan fingerprint density at radius 2 is 1.83 bits per heavy atom. The summed E-state index contributed by atoms with van der Waals surface area (Å²) < 4.78 is 10.1. The first-order valence-corrected chi connectivity index (χ1v) is 7.63. The topological polar surface area (TPSA) is 76.1 Å². The van der Waals surface area contributed by atoms with E-state index in [4.69, 9.17) is 14.6 Å². The van der Waals surface area contributed by atoms with Crippen LogP contribution in [0.4, 0.5) is 0 Å². The molecule has 136 valence electrons. The summed E-state index contributed by atoms with van der Waals surface area (Å²) in [6.07, 6.45) is 1.43. The third kappa shape index (κ3) is 11.8. The highest BCUT2D eigenvalue weighted by molar-refractivity contribution is 5.37. The number of likely N-dealkylation sites (N-methyl/N-ethyl adjacent to an activating group) is 1. The molecular weight excluding hydrogens is 298 g/mol. The molecule has 0 aromatic carbocycles. The maximum Gasteiger partial charge on any atom is 0.293 e. The van der Waals surface area contributed by atoms with Crippen LogP contribution in [0.2, 0.25) is 0 Å². The molecule has 0 aliphatic carbocycles. The summed E-state index contributed by atoms with van der Waals surface area (Å²) >= 11 is 0. The van der Waals surface area contributed by atoms with Crippen LogP contribution in [0.15, 0.2) is 12.2 Å². The van der Waals surface area contributed by atoms with Crippen molar-refractivity contribution in [3.8, 4) is 0 Å².